The fourth-order valence-corrected chi connectivity index (χ4v) is 3.75. The van der Waals surface area contributed by atoms with E-state index < -0.39 is 0 Å². The topological polar surface area (TPSA) is 12.0 Å². The predicted octanol–water partition coefficient (Wildman–Crippen LogP) is 2.84. The second kappa shape index (κ2) is 2.56. The lowest BCUT2D eigenvalue weighted by molar-refractivity contribution is 0.758. The molecule has 3 rings (SSSR count). The van der Waals surface area contributed by atoms with Crippen molar-refractivity contribution in [2.45, 2.75) is 23.3 Å². The maximum absolute atomic E-state index is 3.67. The molecule has 0 radical (unpaired) electrons. The van der Waals surface area contributed by atoms with E-state index in [4.69, 9.17) is 0 Å². The van der Waals surface area contributed by atoms with Crippen molar-refractivity contribution in [3.05, 3.63) is 29.3 Å². The number of aryl methyl sites for hydroxylation is 2. The van der Waals surface area contributed by atoms with Crippen molar-refractivity contribution in [1.29, 1.82) is 0 Å². The molecule has 0 saturated heterocycles. The second-order valence-electron chi connectivity index (χ2n) is 3.87. The van der Waals surface area contributed by atoms with Crippen molar-refractivity contribution in [3.63, 3.8) is 0 Å². The summed E-state index contributed by atoms with van der Waals surface area (Å²) in [5.41, 5.74) is 4.27. The molecule has 2 heterocycles. The molecule has 0 saturated carbocycles. The van der Waals surface area contributed by atoms with Crippen LogP contribution in [0.4, 0.5) is 5.69 Å². The van der Waals surface area contributed by atoms with E-state index in [1.54, 1.807) is 0 Å². The highest BCUT2D eigenvalue weighted by molar-refractivity contribution is 14.2. The Labute approximate surface area is 88.3 Å². The minimum absolute atomic E-state index is 0.362. The fraction of sp³-hybridized carbons (Fsp3) is 0.364. The number of benzene rings is 1. The molecule has 0 aliphatic carbocycles. The van der Waals surface area contributed by atoms with Crippen LogP contribution in [0, 0.1) is 6.92 Å². The Morgan fingerprint density at radius 3 is 3.08 bits per heavy atom. The lowest BCUT2D eigenvalue weighted by atomic mass is 9.97. The van der Waals surface area contributed by atoms with E-state index in [9.17, 15) is 0 Å². The van der Waals surface area contributed by atoms with Gasteiger partial charge in [-0.2, -0.15) is 0 Å². The van der Waals surface area contributed by atoms with Gasteiger partial charge < -0.3 is 5.32 Å². The predicted molar refractivity (Wildman–Crippen MR) is 65.9 cm³/mol. The minimum atomic E-state index is 0.362. The number of anilines is 1. The number of hydrogen-bond acceptors (Lipinski definition) is 1. The molecule has 13 heavy (non-hydrogen) atoms. The molecule has 0 bridgehead atoms. The fourth-order valence-electron chi connectivity index (χ4n) is 1.88. The van der Waals surface area contributed by atoms with Gasteiger partial charge in [-0.15, -0.1) is 0 Å². The van der Waals surface area contributed by atoms with Gasteiger partial charge in [-0.25, -0.2) is 0 Å². The molecule has 0 fully saturated rings. The number of nitrogens with one attached hydrogen (secondary N) is 1. The molecule has 0 aromatic heterocycles. The summed E-state index contributed by atoms with van der Waals surface area (Å²) in [6, 6.07) is 6.75. The molecule has 1 nitrogen and oxygen atoms in total. The van der Waals surface area contributed by atoms with E-state index >= 15 is 0 Å². The van der Waals surface area contributed by atoms with Crippen LogP contribution in [0.1, 0.15) is 17.5 Å². The van der Waals surface area contributed by atoms with Gasteiger partial charge in [-0.05, 0) is 35.4 Å². The van der Waals surface area contributed by atoms with Gasteiger partial charge in [0, 0.05) is 5.69 Å². The molecule has 0 amide bonds. The van der Waals surface area contributed by atoms with Gasteiger partial charge >= 0.3 is 0 Å². The zero-order valence-corrected chi connectivity index (χ0v) is 9.76. The first-order chi connectivity index (χ1) is 6.27. The molecular weight excluding hydrogens is 273 g/mol. The Morgan fingerprint density at radius 2 is 2.31 bits per heavy atom. The van der Waals surface area contributed by atoms with Crippen LogP contribution in [0.3, 0.4) is 0 Å². The van der Waals surface area contributed by atoms with Gasteiger partial charge in [0.05, 0.1) is 0 Å². The van der Waals surface area contributed by atoms with Gasteiger partial charge in [-0.1, -0.05) is 38.4 Å². The molecule has 1 aromatic rings. The van der Waals surface area contributed by atoms with Crippen LogP contribution in [0.25, 0.3) is 0 Å². The Balaban J connectivity index is 2.01. The standard InChI is InChI=1S/C11H12IN/c1-8-2-3-10-9(6-8)4-5-11(13-10)7-12-11/h2-3,6-7,13H,4-5H2,1H3. The second-order valence-corrected chi connectivity index (χ2v) is 7.04. The third kappa shape index (κ3) is 1.31. The zero-order valence-electron chi connectivity index (χ0n) is 7.60. The SMILES string of the molecule is Cc1ccc2c(c1)CCC1(C=I1)N2. The number of hydrogen-bond donors (Lipinski definition) is 1. The lowest BCUT2D eigenvalue weighted by Gasteiger charge is -2.26. The highest BCUT2D eigenvalue weighted by atomic mass is 127. The molecule has 2 aliphatic heterocycles. The smallest absolute Gasteiger partial charge is 0.108 e. The quantitative estimate of drug-likeness (QED) is 0.439. The van der Waals surface area contributed by atoms with E-state index in [2.05, 4.69) is 34.5 Å². The first-order valence-electron chi connectivity index (χ1n) is 4.64. The van der Waals surface area contributed by atoms with E-state index in [0.717, 1.165) is 0 Å². The first-order valence-corrected chi connectivity index (χ1v) is 6.97. The van der Waals surface area contributed by atoms with Crippen molar-refractivity contribution in [1.82, 2.24) is 0 Å². The van der Waals surface area contributed by atoms with Crippen molar-refractivity contribution in [2.24, 2.45) is 0 Å². The van der Waals surface area contributed by atoms with Crippen molar-refractivity contribution < 1.29 is 0 Å². The highest BCUT2D eigenvalue weighted by Crippen LogP contribution is 2.46. The summed E-state index contributed by atoms with van der Waals surface area (Å²) < 4.78 is 3.00. The van der Waals surface area contributed by atoms with Crippen molar-refractivity contribution >= 4 is 30.4 Å². The number of fused-ring (bicyclic) bond motifs is 1. The van der Waals surface area contributed by atoms with Gasteiger partial charge in [0.25, 0.3) is 0 Å². The summed E-state index contributed by atoms with van der Waals surface area (Å²) in [6.07, 6.45) is 2.59. The van der Waals surface area contributed by atoms with Crippen molar-refractivity contribution in [2.75, 3.05) is 5.32 Å². The van der Waals surface area contributed by atoms with E-state index in [1.165, 1.54) is 29.7 Å². The van der Waals surface area contributed by atoms with Crippen molar-refractivity contribution in [3.8, 4) is 0 Å². The number of alkyl halides is 1. The Bertz CT molecular complexity index is 389. The average molecular weight is 285 g/mol. The monoisotopic (exact) mass is 285 g/mol. The Morgan fingerprint density at radius 1 is 1.46 bits per heavy atom. The normalized spacial score (nSPS) is 29.0. The summed E-state index contributed by atoms with van der Waals surface area (Å²) in [6.45, 7) is 2.17. The van der Waals surface area contributed by atoms with Gasteiger partial charge in [0.15, 0.2) is 0 Å². The van der Waals surface area contributed by atoms with Crippen LogP contribution in [-0.2, 0) is 6.42 Å². The highest BCUT2D eigenvalue weighted by Gasteiger charge is 2.38. The third-order valence-corrected chi connectivity index (χ3v) is 5.67. The summed E-state index contributed by atoms with van der Waals surface area (Å²) in [5.74, 6) is 0. The zero-order chi connectivity index (χ0) is 8.89. The molecule has 2 aliphatic rings. The van der Waals surface area contributed by atoms with E-state index in [1.807, 2.05) is 0 Å². The molecule has 68 valence electrons. The average Bonchev–Trinajstić information content (AvgIpc) is 2.87. The molecular formula is C11H12IN. The molecule has 2 heteroatoms. The molecule has 1 aromatic carbocycles. The van der Waals surface area contributed by atoms with Crippen LogP contribution < -0.4 is 5.32 Å². The third-order valence-electron chi connectivity index (χ3n) is 2.73. The Hall–Kier alpha value is -0.380. The van der Waals surface area contributed by atoms with Crippen LogP contribution in [0.15, 0.2) is 18.2 Å². The number of halogens is 1. The summed E-state index contributed by atoms with van der Waals surface area (Å²) in [7, 11) is 0. The first kappa shape index (κ1) is 7.97. The molecule has 1 atom stereocenters. The van der Waals surface area contributed by atoms with Gasteiger partial charge in [0.1, 0.15) is 3.55 Å². The van der Waals surface area contributed by atoms with E-state index in [-0.39, 0.29) is 0 Å². The maximum Gasteiger partial charge on any atom is 0.108 e. The largest absolute Gasteiger partial charge is 0.367 e. The summed E-state index contributed by atoms with van der Waals surface area (Å²) in [5, 5.41) is 3.67. The summed E-state index contributed by atoms with van der Waals surface area (Å²) >= 11 is 0.362. The van der Waals surface area contributed by atoms with Crippen LogP contribution in [0.5, 0.6) is 0 Å². The lowest BCUT2D eigenvalue weighted by Crippen LogP contribution is -2.28. The van der Waals surface area contributed by atoms with Crippen LogP contribution >= 0.6 is 20.7 Å². The molecule has 1 spiro atoms. The van der Waals surface area contributed by atoms with E-state index in [0.29, 0.717) is 24.3 Å². The summed E-state index contributed by atoms with van der Waals surface area (Å²) in [4.78, 5) is 0. The molecule has 1 unspecified atom stereocenters. The van der Waals surface area contributed by atoms with Gasteiger partial charge in [-0.3, -0.25) is 0 Å². The number of rotatable bonds is 0. The van der Waals surface area contributed by atoms with Crippen LogP contribution in [0.2, 0.25) is 0 Å². The maximum atomic E-state index is 3.67. The minimum Gasteiger partial charge on any atom is -0.367 e. The van der Waals surface area contributed by atoms with Crippen LogP contribution in [-0.4, -0.2) is 7.56 Å². The Kier molecular flexibility index (Phi) is 1.57. The molecule has 1 N–H and O–H groups in total. The van der Waals surface area contributed by atoms with Gasteiger partial charge in [0.2, 0.25) is 0 Å².